The lowest BCUT2D eigenvalue weighted by Gasteiger charge is -2.42. The van der Waals surface area contributed by atoms with E-state index in [-0.39, 0.29) is 0 Å². The first-order valence-electron chi connectivity index (χ1n) is 9.40. The van der Waals surface area contributed by atoms with E-state index in [1.54, 1.807) is 28.6 Å². The fraction of sp³-hybridized carbons (Fsp3) is 0.429. The van der Waals surface area contributed by atoms with Crippen LogP contribution in [0, 0.1) is 5.92 Å². The van der Waals surface area contributed by atoms with E-state index in [4.69, 9.17) is 0 Å². The van der Waals surface area contributed by atoms with Crippen molar-refractivity contribution in [1.82, 2.24) is 9.21 Å². The lowest BCUT2D eigenvalue weighted by atomic mass is 9.80. The summed E-state index contributed by atoms with van der Waals surface area (Å²) in [6, 6.07) is 17.9. The third kappa shape index (κ3) is 3.20. The molecular weight excluding hydrogens is 344 g/mol. The molecule has 0 radical (unpaired) electrons. The molecule has 2 aromatic carbocycles. The number of hydrogen-bond donors (Lipinski definition) is 0. The topological polar surface area (TPSA) is 40.6 Å². The largest absolute Gasteiger partial charge is 0.299 e. The van der Waals surface area contributed by atoms with E-state index < -0.39 is 10.0 Å². The Bertz CT molecular complexity index is 859. The lowest BCUT2D eigenvalue weighted by molar-refractivity contribution is 0.122. The Kier molecular flexibility index (Phi) is 4.86. The molecule has 0 spiro atoms. The molecule has 0 amide bonds. The zero-order chi connectivity index (χ0) is 18.1. The van der Waals surface area contributed by atoms with Gasteiger partial charge in [-0.1, -0.05) is 42.5 Å². The molecule has 1 saturated heterocycles. The zero-order valence-electron chi connectivity index (χ0n) is 15.2. The monoisotopic (exact) mass is 370 g/mol. The Morgan fingerprint density at radius 2 is 1.54 bits per heavy atom. The molecule has 0 bridgehead atoms. The normalized spacial score (nSPS) is 22.9. The average Bonchev–Trinajstić information content (AvgIpc) is 2.69. The quantitative estimate of drug-likeness (QED) is 0.832. The molecule has 2 heterocycles. The van der Waals surface area contributed by atoms with Crippen LogP contribution in [0.3, 0.4) is 0 Å². The zero-order valence-corrected chi connectivity index (χ0v) is 16.0. The maximum absolute atomic E-state index is 12.8. The second-order valence-electron chi connectivity index (χ2n) is 7.43. The number of fused-ring (bicyclic) bond motifs is 1. The van der Waals surface area contributed by atoms with E-state index in [9.17, 15) is 8.42 Å². The molecule has 0 aromatic heterocycles. The van der Waals surface area contributed by atoms with Gasteiger partial charge in [0, 0.05) is 25.7 Å². The summed E-state index contributed by atoms with van der Waals surface area (Å²) in [5.74, 6) is 0.503. The second kappa shape index (κ2) is 7.14. The number of likely N-dealkylation sites (N-methyl/N-ethyl adjacent to an activating group) is 1. The fourth-order valence-electron chi connectivity index (χ4n) is 4.51. The Morgan fingerprint density at radius 1 is 0.885 bits per heavy atom. The van der Waals surface area contributed by atoms with Crippen LogP contribution in [0.5, 0.6) is 0 Å². The predicted molar refractivity (Wildman–Crippen MR) is 103 cm³/mol. The molecule has 0 N–H and O–H groups in total. The van der Waals surface area contributed by atoms with Crippen molar-refractivity contribution in [1.29, 1.82) is 0 Å². The molecular formula is C21H26N2O2S. The van der Waals surface area contributed by atoms with Crippen molar-refractivity contribution < 1.29 is 8.42 Å². The first-order chi connectivity index (χ1) is 12.6. The minimum absolute atomic E-state index is 0.401. The van der Waals surface area contributed by atoms with E-state index in [1.807, 2.05) is 6.07 Å². The number of sulfonamides is 1. The van der Waals surface area contributed by atoms with Crippen molar-refractivity contribution in [2.24, 2.45) is 5.92 Å². The molecule has 4 nitrogen and oxygen atoms in total. The molecule has 5 heteroatoms. The van der Waals surface area contributed by atoms with Gasteiger partial charge in [-0.15, -0.1) is 0 Å². The fourth-order valence-corrected chi connectivity index (χ4v) is 6.00. The number of benzene rings is 2. The number of piperidine rings is 1. The van der Waals surface area contributed by atoms with Gasteiger partial charge >= 0.3 is 0 Å². The highest BCUT2D eigenvalue weighted by atomic mass is 32.2. The van der Waals surface area contributed by atoms with Crippen LogP contribution >= 0.6 is 0 Å². The van der Waals surface area contributed by atoms with Crippen LogP contribution in [0.4, 0.5) is 0 Å². The molecule has 26 heavy (non-hydrogen) atoms. The molecule has 2 aliphatic rings. The molecule has 1 unspecified atom stereocenters. The minimum atomic E-state index is -3.37. The lowest BCUT2D eigenvalue weighted by Crippen LogP contribution is -2.44. The van der Waals surface area contributed by atoms with Crippen LogP contribution in [-0.4, -0.2) is 44.3 Å². The van der Waals surface area contributed by atoms with Crippen LogP contribution in [0.15, 0.2) is 59.5 Å². The molecule has 2 aliphatic heterocycles. The Morgan fingerprint density at radius 3 is 2.27 bits per heavy atom. The van der Waals surface area contributed by atoms with Gasteiger partial charge in [-0.25, -0.2) is 8.42 Å². The summed E-state index contributed by atoms with van der Waals surface area (Å²) in [6.45, 7) is 2.28. The van der Waals surface area contributed by atoms with Crippen LogP contribution in [-0.2, 0) is 16.4 Å². The van der Waals surface area contributed by atoms with Crippen LogP contribution in [0.1, 0.15) is 30.0 Å². The highest BCUT2D eigenvalue weighted by Crippen LogP contribution is 2.39. The van der Waals surface area contributed by atoms with E-state index in [0.717, 1.165) is 25.8 Å². The molecule has 1 atom stereocenters. The Balaban J connectivity index is 1.51. The van der Waals surface area contributed by atoms with Gasteiger partial charge in [-0.05, 0) is 55.5 Å². The molecule has 4 rings (SSSR count). The molecule has 0 aliphatic carbocycles. The SMILES string of the molecule is CN1CCc2ccccc2C1C1CCN(S(=O)(=O)c2ccccc2)CC1. The summed E-state index contributed by atoms with van der Waals surface area (Å²) in [5, 5.41) is 0. The Hall–Kier alpha value is -1.69. The number of hydrogen-bond acceptors (Lipinski definition) is 3. The van der Waals surface area contributed by atoms with Crippen molar-refractivity contribution in [2.45, 2.75) is 30.2 Å². The third-order valence-corrected chi connectivity index (χ3v) is 7.82. The van der Waals surface area contributed by atoms with Gasteiger partial charge in [-0.3, -0.25) is 4.90 Å². The molecule has 0 saturated carbocycles. The summed E-state index contributed by atoms with van der Waals surface area (Å²) in [4.78, 5) is 2.85. The second-order valence-corrected chi connectivity index (χ2v) is 9.37. The first kappa shape index (κ1) is 17.7. The molecule has 1 fully saturated rings. The van der Waals surface area contributed by atoms with Crippen LogP contribution in [0.25, 0.3) is 0 Å². The van der Waals surface area contributed by atoms with Gasteiger partial charge in [0.25, 0.3) is 0 Å². The van der Waals surface area contributed by atoms with Crippen LogP contribution < -0.4 is 0 Å². The van der Waals surface area contributed by atoms with E-state index in [1.165, 1.54) is 11.1 Å². The van der Waals surface area contributed by atoms with Gasteiger partial charge in [0.2, 0.25) is 10.0 Å². The van der Waals surface area contributed by atoms with Gasteiger partial charge in [0.05, 0.1) is 4.90 Å². The van der Waals surface area contributed by atoms with E-state index in [0.29, 0.717) is 29.9 Å². The summed E-state index contributed by atoms with van der Waals surface area (Å²) >= 11 is 0. The highest BCUT2D eigenvalue weighted by molar-refractivity contribution is 7.89. The maximum Gasteiger partial charge on any atom is 0.243 e. The first-order valence-corrected chi connectivity index (χ1v) is 10.8. The van der Waals surface area contributed by atoms with E-state index >= 15 is 0 Å². The summed E-state index contributed by atoms with van der Waals surface area (Å²) < 4.78 is 27.4. The van der Waals surface area contributed by atoms with Crippen molar-refractivity contribution in [3.8, 4) is 0 Å². The summed E-state index contributed by atoms with van der Waals surface area (Å²) in [5.41, 5.74) is 2.89. The van der Waals surface area contributed by atoms with Gasteiger partial charge in [0.1, 0.15) is 0 Å². The molecule has 2 aromatic rings. The van der Waals surface area contributed by atoms with Gasteiger partial charge in [0.15, 0.2) is 0 Å². The average molecular weight is 371 g/mol. The van der Waals surface area contributed by atoms with Crippen molar-refractivity contribution in [3.05, 3.63) is 65.7 Å². The summed E-state index contributed by atoms with van der Waals surface area (Å²) in [6.07, 6.45) is 2.93. The Labute approximate surface area is 156 Å². The standard InChI is InChI=1S/C21H26N2O2S/c1-22-14-11-17-7-5-6-10-20(17)21(22)18-12-15-23(16-13-18)26(24,25)19-8-3-2-4-9-19/h2-10,18,21H,11-16H2,1H3. The predicted octanol–water partition coefficient (Wildman–Crippen LogP) is 3.32. The van der Waals surface area contributed by atoms with Crippen molar-refractivity contribution in [2.75, 3.05) is 26.7 Å². The van der Waals surface area contributed by atoms with Crippen molar-refractivity contribution >= 4 is 10.0 Å². The van der Waals surface area contributed by atoms with E-state index in [2.05, 4.69) is 36.2 Å². The smallest absolute Gasteiger partial charge is 0.243 e. The van der Waals surface area contributed by atoms with Crippen molar-refractivity contribution in [3.63, 3.8) is 0 Å². The number of nitrogens with zero attached hydrogens (tertiary/aromatic N) is 2. The maximum atomic E-state index is 12.8. The summed E-state index contributed by atoms with van der Waals surface area (Å²) in [7, 11) is -1.17. The number of rotatable bonds is 3. The molecule has 138 valence electrons. The van der Waals surface area contributed by atoms with Crippen LogP contribution in [0.2, 0.25) is 0 Å². The highest BCUT2D eigenvalue weighted by Gasteiger charge is 2.36. The van der Waals surface area contributed by atoms with Gasteiger partial charge < -0.3 is 0 Å². The van der Waals surface area contributed by atoms with Gasteiger partial charge in [-0.2, -0.15) is 4.31 Å². The third-order valence-electron chi connectivity index (χ3n) is 5.91. The minimum Gasteiger partial charge on any atom is -0.299 e.